The SMILES string of the molecule is Nc1nc(CC(=O)NC2C(=O)N3CC(CSc4nnc(SCCO)s4)(C(=O)[O-])CS[C@H]23)cs1.[Na+]. The second-order valence-electron chi connectivity index (χ2n) is 7.33. The van der Waals surface area contributed by atoms with E-state index < -0.39 is 17.4 Å². The van der Waals surface area contributed by atoms with Crippen LogP contribution in [-0.2, 0) is 20.8 Å². The molecular weight excluding hydrogens is 552 g/mol. The number of carbonyl (C=O) groups excluding carboxylic acids is 3. The number of fused-ring (bicyclic) bond motifs is 1. The number of anilines is 1. The summed E-state index contributed by atoms with van der Waals surface area (Å²) in [7, 11) is 0. The van der Waals surface area contributed by atoms with Crippen LogP contribution in [0.5, 0.6) is 0 Å². The molecule has 178 valence electrons. The molecule has 11 nitrogen and oxygen atoms in total. The molecule has 4 rings (SSSR count). The fraction of sp³-hybridized carbons (Fsp3) is 0.529. The van der Waals surface area contributed by atoms with E-state index in [0.717, 1.165) is 0 Å². The van der Waals surface area contributed by atoms with Gasteiger partial charge in [-0.15, -0.1) is 33.3 Å². The molecule has 2 amide bonds. The quantitative estimate of drug-likeness (QED) is 0.144. The van der Waals surface area contributed by atoms with Crippen molar-refractivity contribution < 1.29 is 54.2 Å². The number of carboxylic acid groups (broad SMARTS) is 1. The molecule has 0 spiro atoms. The number of amides is 2. The number of thioether (sulfide) groups is 3. The largest absolute Gasteiger partial charge is 1.00 e. The van der Waals surface area contributed by atoms with Gasteiger partial charge in [0.2, 0.25) is 11.8 Å². The van der Waals surface area contributed by atoms with Gasteiger partial charge in [0.05, 0.1) is 24.7 Å². The number of nitrogens with one attached hydrogen (secondary N) is 1. The van der Waals surface area contributed by atoms with E-state index in [4.69, 9.17) is 10.8 Å². The van der Waals surface area contributed by atoms with E-state index >= 15 is 0 Å². The molecular formula is C17H19N6NaO5S5. The van der Waals surface area contributed by atoms with Gasteiger partial charge in [-0.2, -0.15) is 0 Å². The first kappa shape index (κ1) is 28.0. The Morgan fingerprint density at radius 3 is 2.74 bits per heavy atom. The molecule has 0 aromatic carbocycles. The van der Waals surface area contributed by atoms with Crippen LogP contribution in [-0.4, -0.2) is 84.8 Å². The van der Waals surface area contributed by atoms with Crippen LogP contribution in [0.25, 0.3) is 0 Å². The molecule has 2 aromatic rings. The van der Waals surface area contributed by atoms with Gasteiger partial charge in [-0.1, -0.05) is 34.9 Å². The van der Waals surface area contributed by atoms with Gasteiger partial charge in [0.15, 0.2) is 13.8 Å². The number of aliphatic hydroxyl groups excluding tert-OH is 1. The zero-order valence-corrected chi connectivity index (χ0v) is 24.0. The van der Waals surface area contributed by atoms with E-state index in [1.807, 2.05) is 0 Å². The van der Waals surface area contributed by atoms with E-state index in [2.05, 4.69) is 20.5 Å². The third-order valence-electron chi connectivity index (χ3n) is 4.98. The molecule has 2 aromatic heterocycles. The molecule has 17 heteroatoms. The Kier molecular flexibility index (Phi) is 9.96. The number of carbonyl (C=O) groups is 3. The number of rotatable bonds is 10. The Hall–Kier alpha value is -0.590. The van der Waals surface area contributed by atoms with Crippen LogP contribution in [0.3, 0.4) is 0 Å². The summed E-state index contributed by atoms with van der Waals surface area (Å²) in [5, 5.41) is 33.5. The molecule has 0 saturated carbocycles. The number of thiazole rings is 1. The van der Waals surface area contributed by atoms with Crippen LogP contribution >= 0.6 is 58.0 Å². The van der Waals surface area contributed by atoms with Crippen molar-refractivity contribution in [2.45, 2.75) is 26.5 Å². The first-order valence-electron chi connectivity index (χ1n) is 9.64. The number of carboxylic acids is 1. The molecule has 4 heterocycles. The van der Waals surface area contributed by atoms with Gasteiger partial charge in [0.1, 0.15) is 11.4 Å². The van der Waals surface area contributed by atoms with Gasteiger partial charge in [0.25, 0.3) is 0 Å². The molecule has 2 aliphatic heterocycles. The molecule has 0 bridgehead atoms. The van der Waals surface area contributed by atoms with Gasteiger partial charge < -0.3 is 31.0 Å². The van der Waals surface area contributed by atoms with E-state index in [1.54, 1.807) is 5.38 Å². The Morgan fingerprint density at radius 2 is 2.09 bits per heavy atom. The Balaban J connectivity index is 0.00000324. The van der Waals surface area contributed by atoms with Crippen LogP contribution in [0.1, 0.15) is 5.69 Å². The number of nitrogens with zero attached hydrogens (tertiary/aromatic N) is 4. The zero-order valence-electron chi connectivity index (χ0n) is 18.0. The number of aliphatic carboxylic acids is 1. The predicted molar refractivity (Wildman–Crippen MR) is 126 cm³/mol. The minimum Gasteiger partial charge on any atom is -0.549 e. The minimum atomic E-state index is -1.24. The second-order valence-corrected chi connectivity index (χ2v) is 12.9. The summed E-state index contributed by atoms with van der Waals surface area (Å²) in [6.45, 7) is 0.0441. The molecule has 34 heavy (non-hydrogen) atoms. The molecule has 2 aliphatic rings. The summed E-state index contributed by atoms with van der Waals surface area (Å²) in [5.74, 6) is -0.934. The molecule has 4 N–H and O–H groups in total. The number of aromatic nitrogens is 3. The summed E-state index contributed by atoms with van der Waals surface area (Å²) in [6, 6.07) is -0.694. The van der Waals surface area contributed by atoms with E-state index in [0.29, 0.717) is 25.3 Å². The predicted octanol–water partition coefficient (Wildman–Crippen LogP) is -3.86. The van der Waals surface area contributed by atoms with E-state index in [1.165, 1.54) is 62.9 Å². The molecule has 2 unspecified atom stereocenters. The fourth-order valence-electron chi connectivity index (χ4n) is 3.34. The molecule has 2 saturated heterocycles. The first-order chi connectivity index (χ1) is 15.8. The fourth-order valence-corrected chi connectivity index (χ4v) is 8.58. The Morgan fingerprint density at radius 1 is 1.35 bits per heavy atom. The number of β-lactam (4-membered cyclic amide) rings is 1. The van der Waals surface area contributed by atoms with Gasteiger partial charge in [0, 0.05) is 34.6 Å². The molecule has 0 radical (unpaired) electrons. The number of nitrogen functional groups attached to an aromatic ring is 1. The summed E-state index contributed by atoms with van der Waals surface area (Å²) < 4.78 is 1.31. The third-order valence-corrected chi connectivity index (χ3v) is 10.8. The van der Waals surface area contributed by atoms with Crippen molar-refractivity contribution in [3.05, 3.63) is 11.1 Å². The normalized spacial score (nSPS) is 23.6. The number of aliphatic hydroxyl groups is 1. The van der Waals surface area contributed by atoms with Crippen molar-refractivity contribution in [1.29, 1.82) is 0 Å². The average molecular weight is 571 g/mol. The van der Waals surface area contributed by atoms with Gasteiger partial charge in [-0.05, 0) is 0 Å². The van der Waals surface area contributed by atoms with E-state index in [-0.39, 0.29) is 77.8 Å². The van der Waals surface area contributed by atoms with Crippen molar-refractivity contribution in [3.63, 3.8) is 0 Å². The summed E-state index contributed by atoms with van der Waals surface area (Å²) in [6.07, 6.45) is 0.0227. The summed E-state index contributed by atoms with van der Waals surface area (Å²) >= 11 is 6.53. The van der Waals surface area contributed by atoms with Crippen LogP contribution in [0.2, 0.25) is 0 Å². The number of nitrogens with two attached hydrogens (primary N) is 1. The molecule has 0 aliphatic carbocycles. The smallest absolute Gasteiger partial charge is 0.549 e. The summed E-state index contributed by atoms with van der Waals surface area (Å²) in [5.41, 5.74) is 4.88. The standard InChI is InChI=1S/C17H20N6O5S5.Na/c18-14-19-8(4-30-14)3-9(25)20-10-11(26)23-5-17(13(27)28,6-31-12(10)23)7-32-16-22-21-15(33-16)29-2-1-24;/h4,10,12,24H,1-3,5-7H2,(H2,18,19)(H,20,25)(H,27,28);/q;+1/p-1/t10?,12-,17?;/m1./s1. The maximum Gasteiger partial charge on any atom is 1.00 e. The Bertz CT molecular complexity index is 1060. The van der Waals surface area contributed by atoms with E-state index in [9.17, 15) is 19.5 Å². The second kappa shape index (κ2) is 12.1. The Labute approximate surface area is 237 Å². The zero-order chi connectivity index (χ0) is 23.6. The number of hydrogen-bond donors (Lipinski definition) is 3. The topological polar surface area (TPSA) is 174 Å². The van der Waals surface area contributed by atoms with Crippen molar-refractivity contribution >= 4 is 80.9 Å². The molecule has 3 atom stereocenters. The maximum atomic E-state index is 12.7. The van der Waals surface area contributed by atoms with Crippen molar-refractivity contribution in [2.75, 3.05) is 36.1 Å². The van der Waals surface area contributed by atoms with Crippen LogP contribution in [0.4, 0.5) is 5.13 Å². The van der Waals surface area contributed by atoms with Crippen molar-refractivity contribution in [3.8, 4) is 0 Å². The maximum absolute atomic E-state index is 12.7. The van der Waals surface area contributed by atoms with Crippen molar-refractivity contribution in [1.82, 2.24) is 25.4 Å². The number of hydrogen-bond acceptors (Lipinski definition) is 14. The van der Waals surface area contributed by atoms with Gasteiger partial charge in [-0.25, -0.2) is 4.98 Å². The summed E-state index contributed by atoms with van der Waals surface area (Å²) in [4.78, 5) is 42.6. The molecule has 2 fully saturated rings. The minimum absolute atomic E-state index is 0. The average Bonchev–Trinajstić information content (AvgIpc) is 3.42. The van der Waals surface area contributed by atoms with Crippen LogP contribution < -0.4 is 45.7 Å². The van der Waals surface area contributed by atoms with Gasteiger partial charge in [-0.3, -0.25) is 9.59 Å². The van der Waals surface area contributed by atoms with Crippen LogP contribution in [0, 0.1) is 5.41 Å². The monoisotopic (exact) mass is 570 g/mol. The van der Waals surface area contributed by atoms with Crippen LogP contribution in [0.15, 0.2) is 14.1 Å². The third kappa shape index (κ3) is 6.21. The van der Waals surface area contributed by atoms with Crippen molar-refractivity contribution in [2.24, 2.45) is 5.41 Å². The van der Waals surface area contributed by atoms with Gasteiger partial charge >= 0.3 is 29.6 Å². The first-order valence-corrected chi connectivity index (χ1v) is 14.4.